The second-order valence-electron chi connectivity index (χ2n) is 9.35. The number of benzene rings is 2. The number of aromatic nitrogens is 1. The van der Waals surface area contributed by atoms with Crippen molar-refractivity contribution in [2.24, 2.45) is 0 Å². The van der Waals surface area contributed by atoms with Crippen molar-refractivity contribution in [2.45, 2.75) is 43.6 Å². The Hall–Kier alpha value is -4.38. The fourth-order valence-electron chi connectivity index (χ4n) is 4.91. The fraction of sp³-hybridized carbons (Fsp3) is 0.310. The van der Waals surface area contributed by atoms with E-state index in [9.17, 15) is 19.6 Å². The van der Waals surface area contributed by atoms with Gasteiger partial charge in [0.2, 0.25) is 5.56 Å². The second-order valence-corrected chi connectivity index (χ2v) is 9.35. The van der Waals surface area contributed by atoms with Crippen molar-refractivity contribution in [3.63, 3.8) is 0 Å². The predicted octanol–water partition coefficient (Wildman–Crippen LogP) is 4.56. The summed E-state index contributed by atoms with van der Waals surface area (Å²) in [5.74, 6) is -0.191. The standard InChI is InChI=1S/C29H30N4O4/c1-33(28(36)21-8-15-25(34)31-18-21)26(20-6-13-24(37-2)14-7-20)27(35)32-23-11-9-22(10-12-23)29(19-30)16-4-3-5-17-29/h6-15,18,26H,3-5,16-17H2,1-2H3,(H,31,34)(H,32,35). The van der Waals surface area contributed by atoms with Crippen LogP contribution in [0.2, 0.25) is 0 Å². The van der Waals surface area contributed by atoms with E-state index in [1.54, 1.807) is 50.6 Å². The maximum absolute atomic E-state index is 13.6. The first-order valence-corrected chi connectivity index (χ1v) is 12.3. The van der Waals surface area contributed by atoms with Crippen LogP contribution in [0.3, 0.4) is 0 Å². The molecule has 2 N–H and O–H groups in total. The van der Waals surface area contributed by atoms with Crippen molar-refractivity contribution in [2.75, 3.05) is 19.5 Å². The lowest BCUT2D eigenvalue weighted by Crippen LogP contribution is -2.39. The van der Waals surface area contributed by atoms with Gasteiger partial charge < -0.3 is 19.9 Å². The average Bonchev–Trinajstić information content (AvgIpc) is 2.94. The SMILES string of the molecule is COc1ccc(C(C(=O)Nc2ccc(C3(C#N)CCCCC3)cc2)N(C)C(=O)c2ccc(=O)[nH]c2)cc1. The molecule has 2 aromatic carbocycles. The van der Waals surface area contributed by atoms with Crippen molar-refractivity contribution >= 4 is 17.5 Å². The molecule has 190 valence electrons. The summed E-state index contributed by atoms with van der Waals surface area (Å²) in [6.45, 7) is 0. The smallest absolute Gasteiger partial charge is 0.256 e. The van der Waals surface area contributed by atoms with E-state index in [-0.39, 0.29) is 11.1 Å². The van der Waals surface area contributed by atoms with Crippen LogP contribution in [-0.2, 0) is 10.2 Å². The minimum atomic E-state index is -0.950. The van der Waals surface area contributed by atoms with E-state index in [0.717, 1.165) is 37.7 Å². The Morgan fingerprint density at radius 3 is 2.27 bits per heavy atom. The Morgan fingerprint density at radius 1 is 1.03 bits per heavy atom. The molecule has 1 aliphatic carbocycles. The van der Waals surface area contributed by atoms with Gasteiger partial charge in [-0.15, -0.1) is 0 Å². The lowest BCUT2D eigenvalue weighted by molar-refractivity contribution is -0.120. The van der Waals surface area contributed by atoms with E-state index in [1.807, 2.05) is 12.1 Å². The van der Waals surface area contributed by atoms with Gasteiger partial charge in [0.25, 0.3) is 11.8 Å². The van der Waals surface area contributed by atoms with Gasteiger partial charge in [-0.3, -0.25) is 14.4 Å². The number of nitrogens with zero attached hydrogens (tertiary/aromatic N) is 2. The van der Waals surface area contributed by atoms with E-state index in [0.29, 0.717) is 17.0 Å². The molecule has 1 heterocycles. The number of anilines is 1. The van der Waals surface area contributed by atoms with E-state index in [1.165, 1.54) is 23.2 Å². The first kappa shape index (κ1) is 25.7. The van der Waals surface area contributed by atoms with Gasteiger partial charge in [-0.25, -0.2) is 0 Å². The number of amides is 2. The lowest BCUT2D eigenvalue weighted by Gasteiger charge is -2.31. The molecule has 0 spiro atoms. The third kappa shape index (κ3) is 5.56. The number of aromatic amines is 1. The highest BCUT2D eigenvalue weighted by Crippen LogP contribution is 2.39. The van der Waals surface area contributed by atoms with Gasteiger partial charge in [-0.1, -0.05) is 43.5 Å². The number of hydrogen-bond donors (Lipinski definition) is 2. The molecule has 8 nitrogen and oxygen atoms in total. The second kappa shape index (κ2) is 11.1. The Labute approximate surface area is 215 Å². The topological polar surface area (TPSA) is 115 Å². The molecule has 8 heteroatoms. The largest absolute Gasteiger partial charge is 0.497 e. The zero-order valence-electron chi connectivity index (χ0n) is 21.0. The Morgan fingerprint density at radius 2 is 1.70 bits per heavy atom. The van der Waals surface area contributed by atoms with Gasteiger partial charge in [0.15, 0.2) is 0 Å². The van der Waals surface area contributed by atoms with Gasteiger partial charge in [-0.2, -0.15) is 5.26 Å². The molecule has 4 rings (SSSR count). The number of H-pyrrole nitrogens is 1. The molecule has 1 atom stereocenters. The molecule has 1 saturated carbocycles. The van der Waals surface area contributed by atoms with Crippen LogP contribution in [0.4, 0.5) is 5.69 Å². The van der Waals surface area contributed by atoms with Gasteiger partial charge in [0.1, 0.15) is 11.8 Å². The lowest BCUT2D eigenvalue weighted by atomic mass is 9.70. The summed E-state index contributed by atoms with van der Waals surface area (Å²) in [6.07, 6.45) is 6.23. The minimum Gasteiger partial charge on any atom is -0.497 e. The summed E-state index contributed by atoms with van der Waals surface area (Å²) >= 11 is 0. The number of hydrogen-bond acceptors (Lipinski definition) is 5. The molecule has 0 saturated heterocycles. The summed E-state index contributed by atoms with van der Waals surface area (Å²) in [5.41, 5.74) is 1.59. The van der Waals surface area contributed by atoms with E-state index >= 15 is 0 Å². The number of likely N-dealkylation sites (N-methyl/N-ethyl adjacent to an activating group) is 1. The monoisotopic (exact) mass is 498 g/mol. The number of nitriles is 1. The molecule has 2 amide bonds. The van der Waals surface area contributed by atoms with Crippen molar-refractivity contribution in [3.8, 4) is 11.8 Å². The van der Waals surface area contributed by atoms with Gasteiger partial charge in [0, 0.05) is 25.0 Å². The molecule has 0 aliphatic heterocycles. The summed E-state index contributed by atoms with van der Waals surface area (Å²) in [5, 5.41) is 12.8. The van der Waals surface area contributed by atoms with Crippen LogP contribution in [0.5, 0.6) is 5.75 Å². The molecule has 0 radical (unpaired) electrons. The number of carbonyl (C=O) groups excluding carboxylic acids is 2. The highest BCUT2D eigenvalue weighted by Gasteiger charge is 2.34. The highest BCUT2D eigenvalue weighted by molar-refractivity contribution is 6.01. The first-order valence-electron chi connectivity index (χ1n) is 12.3. The normalized spacial score (nSPS) is 15.2. The zero-order valence-corrected chi connectivity index (χ0v) is 21.0. The Bertz CT molecular complexity index is 1330. The van der Waals surface area contributed by atoms with Gasteiger partial charge >= 0.3 is 0 Å². The Balaban J connectivity index is 1.60. The van der Waals surface area contributed by atoms with E-state index in [4.69, 9.17) is 4.74 Å². The van der Waals surface area contributed by atoms with E-state index < -0.39 is 23.3 Å². The predicted molar refractivity (Wildman–Crippen MR) is 140 cm³/mol. The third-order valence-corrected chi connectivity index (χ3v) is 7.04. The van der Waals surface area contributed by atoms with Crippen molar-refractivity contribution in [1.82, 2.24) is 9.88 Å². The summed E-state index contributed by atoms with van der Waals surface area (Å²) < 4.78 is 5.23. The molecule has 1 aromatic heterocycles. The molecular weight excluding hydrogens is 468 g/mol. The quantitative estimate of drug-likeness (QED) is 0.495. The van der Waals surface area contributed by atoms with Crippen LogP contribution in [0, 0.1) is 11.3 Å². The number of methoxy groups -OCH3 is 1. The van der Waals surface area contributed by atoms with E-state index in [2.05, 4.69) is 16.4 Å². The molecule has 1 aliphatic rings. The summed E-state index contributed by atoms with van der Waals surface area (Å²) in [7, 11) is 3.10. The van der Waals surface area contributed by atoms with Gasteiger partial charge in [-0.05, 0) is 54.3 Å². The van der Waals surface area contributed by atoms with Crippen LogP contribution < -0.4 is 15.6 Å². The first-order chi connectivity index (χ1) is 17.9. The fourth-order valence-corrected chi connectivity index (χ4v) is 4.91. The summed E-state index contributed by atoms with van der Waals surface area (Å²) in [4.78, 5) is 42.0. The summed E-state index contributed by atoms with van der Waals surface area (Å²) in [6, 6.07) is 18.6. The molecule has 37 heavy (non-hydrogen) atoms. The Kier molecular flexibility index (Phi) is 7.73. The van der Waals surface area contributed by atoms with Crippen LogP contribution in [0.25, 0.3) is 0 Å². The minimum absolute atomic E-state index is 0.257. The average molecular weight is 499 g/mol. The van der Waals surface area contributed by atoms with Crippen LogP contribution in [-0.4, -0.2) is 35.9 Å². The zero-order chi connectivity index (χ0) is 26.4. The number of ether oxygens (including phenoxy) is 1. The van der Waals surface area contributed by atoms with Gasteiger partial charge in [0.05, 0.1) is 24.2 Å². The van der Waals surface area contributed by atoms with Crippen molar-refractivity contribution in [1.29, 1.82) is 5.26 Å². The number of carbonyl (C=O) groups is 2. The van der Waals surface area contributed by atoms with Crippen LogP contribution in [0.15, 0.2) is 71.7 Å². The molecule has 3 aromatic rings. The molecule has 1 fully saturated rings. The van der Waals surface area contributed by atoms with Crippen LogP contribution >= 0.6 is 0 Å². The molecule has 1 unspecified atom stereocenters. The maximum atomic E-state index is 13.6. The maximum Gasteiger partial charge on any atom is 0.256 e. The van der Waals surface area contributed by atoms with Crippen molar-refractivity contribution < 1.29 is 14.3 Å². The van der Waals surface area contributed by atoms with Crippen molar-refractivity contribution in [3.05, 3.63) is 93.9 Å². The third-order valence-electron chi connectivity index (χ3n) is 7.04. The number of rotatable bonds is 7. The number of pyridine rings is 1. The molecule has 0 bridgehead atoms. The highest BCUT2D eigenvalue weighted by atomic mass is 16.5. The van der Waals surface area contributed by atoms with Crippen LogP contribution in [0.1, 0.15) is 59.6 Å². The molecular formula is C29H30N4O4. The number of nitrogens with one attached hydrogen (secondary N) is 2.